The number of carbonyl (C=O) groups excluding carboxylic acids is 1. The summed E-state index contributed by atoms with van der Waals surface area (Å²) in [5.41, 5.74) is 5.74. The lowest BCUT2D eigenvalue weighted by Crippen LogP contribution is -2.46. The second-order valence-electron chi connectivity index (χ2n) is 5.39. The summed E-state index contributed by atoms with van der Waals surface area (Å²) in [5, 5.41) is 10.9. The minimum atomic E-state index is -0.561. The van der Waals surface area contributed by atoms with Crippen LogP contribution in [-0.2, 0) is 0 Å². The van der Waals surface area contributed by atoms with Gasteiger partial charge in [0, 0.05) is 24.2 Å². The van der Waals surface area contributed by atoms with E-state index in [9.17, 15) is 14.9 Å². The van der Waals surface area contributed by atoms with Crippen molar-refractivity contribution in [1.29, 1.82) is 0 Å². The summed E-state index contributed by atoms with van der Waals surface area (Å²) in [5.74, 6) is 0.281. The third-order valence-corrected chi connectivity index (χ3v) is 4.11. The van der Waals surface area contributed by atoms with Gasteiger partial charge in [0.1, 0.15) is 5.69 Å². The van der Waals surface area contributed by atoms with Gasteiger partial charge < -0.3 is 10.6 Å². The van der Waals surface area contributed by atoms with Crippen molar-refractivity contribution in [3.8, 4) is 0 Å². The Morgan fingerprint density at radius 2 is 2.15 bits per heavy atom. The highest BCUT2D eigenvalue weighted by molar-refractivity contribution is 5.96. The van der Waals surface area contributed by atoms with E-state index in [-0.39, 0.29) is 23.3 Å². The summed E-state index contributed by atoms with van der Waals surface area (Å²) in [6.07, 6.45) is 2.07. The topological polar surface area (TPSA) is 89.5 Å². The van der Waals surface area contributed by atoms with E-state index in [2.05, 4.69) is 6.92 Å². The number of likely N-dealkylation sites (tertiary alicyclic amines) is 1. The van der Waals surface area contributed by atoms with Crippen LogP contribution >= 0.6 is 0 Å². The highest BCUT2D eigenvalue weighted by atomic mass is 16.6. The molecule has 0 radical (unpaired) electrons. The average Bonchev–Trinajstić information content (AvgIpc) is 2.41. The summed E-state index contributed by atoms with van der Waals surface area (Å²) in [6.45, 7) is 4.84. The minimum Gasteiger partial charge on any atom is -0.393 e. The molecule has 2 unspecified atom stereocenters. The Labute approximate surface area is 117 Å². The van der Waals surface area contributed by atoms with Crippen molar-refractivity contribution in [2.45, 2.75) is 32.7 Å². The summed E-state index contributed by atoms with van der Waals surface area (Å²) in [6, 6.07) is 4.39. The van der Waals surface area contributed by atoms with Gasteiger partial charge in [-0.3, -0.25) is 14.9 Å². The van der Waals surface area contributed by atoms with E-state index in [1.807, 2.05) is 6.92 Å². The van der Waals surface area contributed by atoms with Crippen molar-refractivity contribution < 1.29 is 9.72 Å². The van der Waals surface area contributed by atoms with Gasteiger partial charge in [-0.25, -0.2) is 0 Å². The number of nitrogen functional groups attached to an aromatic ring is 1. The smallest absolute Gasteiger partial charge is 0.292 e. The Morgan fingerprint density at radius 3 is 2.80 bits per heavy atom. The first-order chi connectivity index (χ1) is 9.41. The van der Waals surface area contributed by atoms with Gasteiger partial charge in [-0.1, -0.05) is 6.92 Å². The maximum absolute atomic E-state index is 12.5. The number of hydrogen-bond acceptors (Lipinski definition) is 4. The lowest BCUT2D eigenvalue weighted by Gasteiger charge is -2.38. The van der Waals surface area contributed by atoms with Crippen molar-refractivity contribution in [1.82, 2.24) is 4.90 Å². The maximum Gasteiger partial charge on any atom is 0.292 e. The number of hydrogen-bond donors (Lipinski definition) is 1. The van der Waals surface area contributed by atoms with Crippen LogP contribution in [0.5, 0.6) is 0 Å². The van der Waals surface area contributed by atoms with E-state index in [4.69, 9.17) is 5.73 Å². The fraction of sp³-hybridized carbons (Fsp3) is 0.500. The molecule has 6 nitrogen and oxygen atoms in total. The molecule has 0 aliphatic carbocycles. The number of nitrogens with zero attached hydrogens (tertiary/aromatic N) is 2. The van der Waals surface area contributed by atoms with Crippen LogP contribution in [0, 0.1) is 16.0 Å². The van der Waals surface area contributed by atoms with E-state index in [1.54, 1.807) is 11.0 Å². The van der Waals surface area contributed by atoms with Crippen molar-refractivity contribution in [3.05, 3.63) is 33.9 Å². The number of piperidine rings is 1. The zero-order valence-electron chi connectivity index (χ0n) is 11.7. The predicted molar refractivity (Wildman–Crippen MR) is 76.4 cm³/mol. The normalized spacial score (nSPS) is 22.6. The standard InChI is InChI=1S/C14H19N3O3/c1-9-4-3-7-16(10(9)2)14(18)11-5-6-12(15)13(8-11)17(19)20/h5-6,8-10H,3-4,7,15H2,1-2H3. The molecular formula is C14H19N3O3. The molecule has 1 aliphatic heterocycles. The van der Waals surface area contributed by atoms with Gasteiger partial charge in [0.05, 0.1) is 4.92 Å². The van der Waals surface area contributed by atoms with E-state index in [1.165, 1.54) is 12.1 Å². The summed E-state index contributed by atoms with van der Waals surface area (Å²) < 4.78 is 0. The number of anilines is 1. The zero-order valence-corrected chi connectivity index (χ0v) is 11.7. The van der Waals surface area contributed by atoms with Gasteiger partial charge in [-0.2, -0.15) is 0 Å². The van der Waals surface area contributed by atoms with Crippen molar-refractivity contribution in [2.24, 2.45) is 5.92 Å². The van der Waals surface area contributed by atoms with Gasteiger partial charge in [0.2, 0.25) is 0 Å². The molecule has 1 aromatic carbocycles. The first-order valence-corrected chi connectivity index (χ1v) is 6.76. The highest BCUT2D eigenvalue weighted by Crippen LogP contribution is 2.27. The zero-order chi connectivity index (χ0) is 14.9. The molecule has 20 heavy (non-hydrogen) atoms. The number of nitro groups is 1. The molecule has 2 rings (SSSR count). The molecule has 6 heteroatoms. The number of carbonyl (C=O) groups is 1. The van der Waals surface area contributed by atoms with E-state index in [0.29, 0.717) is 18.0 Å². The molecule has 108 valence electrons. The van der Waals surface area contributed by atoms with Crippen LogP contribution in [0.3, 0.4) is 0 Å². The quantitative estimate of drug-likeness (QED) is 0.510. The molecule has 0 bridgehead atoms. The van der Waals surface area contributed by atoms with E-state index >= 15 is 0 Å². The lowest BCUT2D eigenvalue weighted by atomic mass is 9.91. The van der Waals surface area contributed by atoms with Gasteiger partial charge >= 0.3 is 0 Å². The SMILES string of the molecule is CC1CCCN(C(=O)c2ccc(N)c([N+](=O)[O-])c2)C1C. The van der Waals surface area contributed by atoms with Crippen LogP contribution in [0.25, 0.3) is 0 Å². The Morgan fingerprint density at radius 1 is 1.45 bits per heavy atom. The second kappa shape index (κ2) is 5.48. The molecule has 1 amide bonds. The molecule has 0 aromatic heterocycles. The Hall–Kier alpha value is -2.11. The molecule has 1 aliphatic rings. The molecule has 2 atom stereocenters. The Balaban J connectivity index is 2.29. The number of amides is 1. The summed E-state index contributed by atoms with van der Waals surface area (Å²) in [4.78, 5) is 24.6. The van der Waals surface area contributed by atoms with Crippen LogP contribution in [0.4, 0.5) is 11.4 Å². The van der Waals surface area contributed by atoms with E-state index < -0.39 is 4.92 Å². The van der Waals surface area contributed by atoms with Gasteiger partial charge in [0.25, 0.3) is 11.6 Å². The first kappa shape index (κ1) is 14.3. The second-order valence-corrected chi connectivity index (χ2v) is 5.39. The maximum atomic E-state index is 12.5. The predicted octanol–water partition coefficient (Wildman–Crippen LogP) is 2.44. The van der Waals surface area contributed by atoms with Crippen molar-refractivity contribution in [2.75, 3.05) is 12.3 Å². The van der Waals surface area contributed by atoms with Crippen LogP contribution in [-0.4, -0.2) is 28.3 Å². The minimum absolute atomic E-state index is 0.0756. The number of rotatable bonds is 2. The highest BCUT2D eigenvalue weighted by Gasteiger charge is 2.29. The van der Waals surface area contributed by atoms with Gasteiger partial charge in [0.15, 0.2) is 0 Å². The lowest BCUT2D eigenvalue weighted by molar-refractivity contribution is -0.383. The Kier molecular flexibility index (Phi) is 3.92. The fourth-order valence-corrected chi connectivity index (χ4v) is 2.62. The van der Waals surface area contributed by atoms with Crippen LogP contribution in [0.15, 0.2) is 18.2 Å². The van der Waals surface area contributed by atoms with Crippen molar-refractivity contribution >= 4 is 17.3 Å². The molecule has 0 saturated carbocycles. The third-order valence-electron chi connectivity index (χ3n) is 4.11. The first-order valence-electron chi connectivity index (χ1n) is 6.76. The third kappa shape index (κ3) is 2.59. The fourth-order valence-electron chi connectivity index (χ4n) is 2.62. The average molecular weight is 277 g/mol. The molecule has 0 spiro atoms. The summed E-state index contributed by atoms with van der Waals surface area (Å²) in [7, 11) is 0. The number of benzene rings is 1. The number of nitro benzene ring substituents is 1. The monoisotopic (exact) mass is 277 g/mol. The molecular weight excluding hydrogens is 258 g/mol. The van der Waals surface area contributed by atoms with Gasteiger partial charge in [-0.15, -0.1) is 0 Å². The molecule has 1 heterocycles. The molecule has 1 saturated heterocycles. The van der Waals surface area contributed by atoms with Gasteiger partial charge in [-0.05, 0) is 37.8 Å². The van der Waals surface area contributed by atoms with E-state index in [0.717, 1.165) is 12.8 Å². The van der Waals surface area contributed by atoms with Crippen LogP contribution in [0.2, 0.25) is 0 Å². The molecule has 1 fully saturated rings. The Bertz CT molecular complexity index is 544. The largest absolute Gasteiger partial charge is 0.393 e. The molecule has 2 N–H and O–H groups in total. The summed E-state index contributed by atoms with van der Waals surface area (Å²) >= 11 is 0. The number of nitrogens with two attached hydrogens (primary N) is 1. The van der Waals surface area contributed by atoms with Crippen LogP contribution in [0.1, 0.15) is 37.0 Å². The van der Waals surface area contributed by atoms with Crippen LogP contribution < -0.4 is 5.73 Å². The van der Waals surface area contributed by atoms with Crippen molar-refractivity contribution in [3.63, 3.8) is 0 Å². The molecule has 1 aromatic rings.